The van der Waals surface area contributed by atoms with E-state index in [1.807, 2.05) is 50.1 Å². The van der Waals surface area contributed by atoms with Crippen molar-refractivity contribution in [1.82, 2.24) is 9.80 Å². The molecule has 7 heteroatoms. The van der Waals surface area contributed by atoms with Crippen LogP contribution in [0.3, 0.4) is 0 Å². The van der Waals surface area contributed by atoms with Crippen LogP contribution in [0, 0.1) is 0 Å². The van der Waals surface area contributed by atoms with Gasteiger partial charge in [-0.3, -0.25) is 0 Å². The van der Waals surface area contributed by atoms with Gasteiger partial charge in [-0.25, -0.2) is 9.59 Å². The number of carbonyl (C=O) groups is 2. The van der Waals surface area contributed by atoms with E-state index in [0.29, 0.717) is 19.6 Å². The predicted octanol–water partition coefficient (Wildman–Crippen LogP) is 3.41. The first kappa shape index (κ1) is 23.0. The molecule has 1 aromatic carbocycles. The predicted molar refractivity (Wildman–Crippen MR) is 111 cm³/mol. The number of nitrogens with zero attached hydrogens (tertiary/aromatic N) is 2. The number of hydrogen-bond acceptors (Lipinski definition) is 4. The number of amides is 2. The van der Waals surface area contributed by atoms with Crippen molar-refractivity contribution >= 4 is 12.0 Å². The zero-order valence-electron chi connectivity index (χ0n) is 18.0. The van der Waals surface area contributed by atoms with Gasteiger partial charge in [0.2, 0.25) is 0 Å². The lowest BCUT2D eigenvalue weighted by Gasteiger charge is -2.25. The maximum Gasteiger partial charge on any atom is 0.336 e. The molecule has 162 valence electrons. The minimum absolute atomic E-state index is 0.0736. The van der Waals surface area contributed by atoms with Crippen LogP contribution >= 0.6 is 0 Å². The van der Waals surface area contributed by atoms with Gasteiger partial charge >= 0.3 is 12.0 Å². The Labute approximate surface area is 173 Å². The van der Waals surface area contributed by atoms with Crippen LogP contribution in [0.5, 0.6) is 5.75 Å². The Morgan fingerprint density at radius 2 is 1.93 bits per heavy atom. The largest absolute Gasteiger partial charge is 0.494 e. The number of rotatable bonds is 12. The number of carboxylic acid groups (broad SMARTS) is 1. The van der Waals surface area contributed by atoms with Gasteiger partial charge in [0.1, 0.15) is 5.75 Å². The molecule has 1 N–H and O–H groups in total. The Bertz CT molecular complexity index is 678. The molecule has 29 heavy (non-hydrogen) atoms. The van der Waals surface area contributed by atoms with Gasteiger partial charge in [-0.05, 0) is 38.0 Å². The molecule has 0 radical (unpaired) electrons. The van der Waals surface area contributed by atoms with Crippen molar-refractivity contribution in [3.8, 4) is 5.75 Å². The molecule has 2 rings (SSSR count). The molecular weight excluding hydrogens is 372 g/mol. The summed E-state index contributed by atoms with van der Waals surface area (Å²) in [5.74, 6) is -0.220. The summed E-state index contributed by atoms with van der Waals surface area (Å²) >= 11 is 0. The lowest BCUT2D eigenvalue weighted by atomic mass is 9.96. The third-order valence-corrected chi connectivity index (χ3v) is 5.49. The number of unbranched alkanes of at least 4 members (excludes halogenated alkanes) is 1. The summed E-state index contributed by atoms with van der Waals surface area (Å²) in [6.07, 6.45) is 2.87. The third kappa shape index (κ3) is 6.10. The molecule has 1 saturated heterocycles. The summed E-state index contributed by atoms with van der Waals surface area (Å²) in [4.78, 5) is 27.3. The van der Waals surface area contributed by atoms with E-state index < -0.39 is 11.6 Å². The zero-order chi connectivity index (χ0) is 21.4. The second-order valence-corrected chi connectivity index (χ2v) is 7.78. The molecule has 0 bridgehead atoms. The van der Waals surface area contributed by atoms with Crippen molar-refractivity contribution in [1.29, 1.82) is 0 Å². The molecule has 2 atom stereocenters. The zero-order valence-corrected chi connectivity index (χ0v) is 18.0. The lowest BCUT2D eigenvalue weighted by Crippen LogP contribution is -2.41. The number of benzene rings is 1. The standard InChI is InChI=1S/C22H34N2O5/c1-5-7-13-29-22(3,20(25)26)15-17-8-10-19(11-9-17)28-14-12-18-16-24(6-2)21(27)23(18)4/h8-11,18H,5-7,12-16H2,1-4H3,(H,25,26)/t18-,22+/m1/s1. The topological polar surface area (TPSA) is 79.3 Å². The van der Waals surface area contributed by atoms with Crippen LogP contribution in [0.15, 0.2) is 24.3 Å². The fourth-order valence-corrected chi connectivity index (χ4v) is 3.42. The van der Waals surface area contributed by atoms with Gasteiger partial charge in [-0.1, -0.05) is 25.5 Å². The summed E-state index contributed by atoms with van der Waals surface area (Å²) in [6, 6.07) is 7.70. The summed E-state index contributed by atoms with van der Waals surface area (Å²) < 4.78 is 11.5. The molecular formula is C22H34N2O5. The summed E-state index contributed by atoms with van der Waals surface area (Å²) in [5, 5.41) is 9.56. The maximum atomic E-state index is 12.0. The van der Waals surface area contributed by atoms with E-state index in [1.54, 1.807) is 11.8 Å². The fraction of sp³-hybridized carbons (Fsp3) is 0.636. The van der Waals surface area contributed by atoms with Crippen LogP contribution in [0.4, 0.5) is 4.79 Å². The highest BCUT2D eigenvalue weighted by molar-refractivity contribution is 5.77. The SMILES string of the molecule is CCCCO[C@@](C)(Cc1ccc(OCC[C@@H]2CN(CC)C(=O)N2C)cc1)C(=O)O. The number of carbonyl (C=O) groups excluding carboxylic acids is 1. The smallest absolute Gasteiger partial charge is 0.336 e. The number of aliphatic carboxylic acids is 1. The van der Waals surface area contributed by atoms with Gasteiger partial charge < -0.3 is 24.4 Å². The second-order valence-electron chi connectivity index (χ2n) is 7.78. The molecule has 1 aliphatic heterocycles. The minimum atomic E-state index is -1.23. The van der Waals surface area contributed by atoms with E-state index in [2.05, 4.69) is 0 Å². The molecule has 0 saturated carbocycles. The molecule has 1 heterocycles. The first-order chi connectivity index (χ1) is 13.8. The Hall–Kier alpha value is -2.28. The normalized spacial score (nSPS) is 18.8. The summed E-state index contributed by atoms with van der Waals surface area (Å²) in [5.41, 5.74) is -0.346. The Kier molecular flexibility index (Phi) is 8.32. The molecule has 1 aliphatic rings. The van der Waals surface area contributed by atoms with Crippen molar-refractivity contribution < 1.29 is 24.2 Å². The van der Waals surface area contributed by atoms with Crippen molar-refractivity contribution in [2.45, 2.75) is 58.1 Å². The van der Waals surface area contributed by atoms with Gasteiger partial charge in [-0.15, -0.1) is 0 Å². The molecule has 0 unspecified atom stereocenters. The fourth-order valence-electron chi connectivity index (χ4n) is 3.42. The number of hydrogen-bond donors (Lipinski definition) is 1. The summed E-state index contributed by atoms with van der Waals surface area (Å²) in [7, 11) is 1.83. The first-order valence-corrected chi connectivity index (χ1v) is 10.4. The quantitative estimate of drug-likeness (QED) is 0.538. The van der Waals surface area contributed by atoms with Crippen molar-refractivity contribution in [3.05, 3.63) is 29.8 Å². The lowest BCUT2D eigenvalue weighted by molar-refractivity contribution is -0.163. The number of likely N-dealkylation sites (N-methyl/N-ethyl adjacent to an activating group) is 2. The van der Waals surface area contributed by atoms with E-state index in [4.69, 9.17) is 9.47 Å². The monoisotopic (exact) mass is 406 g/mol. The Balaban J connectivity index is 1.85. The molecule has 1 aromatic rings. The van der Waals surface area contributed by atoms with E-state index in [1.165, 1.54) is 0 Å². The molecule has 2 amide bonds. The second kappa shape index (κ2) is 10.5. The van der Waals surface area contributed by atoms with Crippen LogP contribution < -0.4 is 4.74 Å². The maximum absolute atomic E-state index is 12.0. The van der Waals surface area contributed by atoms with Crippen LogP contribution in [-0.4, -0.2) is 71.9 Å². The average molecular weight is 407 g/mol. The first-order valence-electron chi connectivity index (χ1n) is 10.4. The van der Waals surface area contributed by atoms with Gasteiger partial charge in [0.15, 0.2) is 5.60 Å². The van der Waals surface area contributed by atoms with E-state index in [9.17, 15) is 14.7 Å². The Morgan fingerprint density at radius 3 is 2.48 bits per heavy atom. The number of ether oxygens (including phenoxy) is 2. The Morgan fingerprint density at radius 1 is 1.24 bits per heavy atom. The van der Waals surface area contributed by atoms with E-state index >= 15 is 0 Å². The molecule has 1 fully saturated rings. The van der Waals surface area contributed by atoms with Crippen LogP contribution in [-0.2, 0) is 16.0 Å². The van der Waals surface area contributed by atoms with Gasteiger partial charge in [-0.2, -0.15) is 0 Å². The third-order valence-electron chi connectivity index (χ3n) is 5.49. The van der Waals surface area contributed by atoms with Gasteiger partial charge in [0.25, 0.3) is 0 Å². The summed E-state index contributed by atoms with van der Waals surface area (Å²) in [6.45, 7) is 8.06. The van der Waals surface area contributed by atoms with Gasteiger partial charge in [0.05, 0.1) is 12.6 Å². The molecule has 0 aliphatic carbocycles. The molecule has 7 nitrogen and oxygen atoms in total. The van der Waals surface area contributed by atoms with Gasteiger partial charge in [0, 0.05) is 39.6 Å². The molecule has 0 aromatic heterocycles. The van der Waals surface area contributed by atoms with Crippen molar-refractivity contribution in [3.63, 3.8) is 0 Å². The van der Waals surface area contributed by atoms with Crippen molar-refractivity contribution in [2.75, 3.05) is 33.4 Å². The minimum Gasteiger partial charge on any atom is -0.494 e. The van der Waals surface area contributed by atoms with Crippen LogP contribution in [0.25, 0.3) is 0 Å². The number of carboxylic acids is 1. The van der Waals surface area contributed by atoms with E-state index in [0.717, 1.165) is 43.7 Å². The van der Waals surface area contributed by atoms with Crippen LogP contribution in [0.1, 0.15) is 45.6 Å². The van der Waals surface area contributed by atoms with Crippen molar-refractivity contribution in [2.24, 2.45) is 0 Å². The molecule has 0 spiro atoms. The average Bonchev–Trinajstić information content (AvgIpc) is 2.97. The highest BCUT2D eigenvalue weighted by Crippen LogP contribution is 2.22. The number of urea groups is 1. The highest BCUT2D eigenvalue weighted by atomic mass is 16.5. The van der Waals surface area contributed by atoms with Crippen LogP contribution in [0.2, 0.25) is 0 Å². The highest BCUT2D eigenvalue weighted by Gasteiger charge is 2.34. The van der Waals surface area contributed by atoms with E-state index in [-0.39, 0.29) is 12.1 Å².